The van der Waals surface area contributed by atoms with Crippen molar-refractivity contribution in [3.8, 4) is 0 Å². The Labute approximate surface area is 189 Å². The zero-order chi connectivity index (χ0) is 22.3. The molecule has 0 amide bonds. The van der Waals surface area contributed by atoms with Gasteiger partial charge in [0, 0.05) is 5.92 Å². The van der Waals surface area contributed by atoms with Crippen molar-refractivity contribution >= 4 is 25.4 Å². The van der Waals surface area contributed by atoms with Gasteiger partial charge in [0.1, 0.15) is 6.10 Å². The van der Waals surface area contributed by atoms with Gasteiger partial charge in [-0.1, -0.05) is 107 Å². The molecule has 1 unspecified atom stereocenters. The van der Waals surface area contributed by atoms with Crippen LogP contribution in [0.15, 0.2) is 72.8 Å². The van der Waals surface area contributed by atoms with Gasteiger partial charge in [-0.15, -0.1) is 0 Å². The molecule has 0 aliphatic carbocycles. The van der Waals surface area contributed by atoms with E-state index in [0.29, 0.717) is 0 Å². The third-order valence-electron chi connectivity index (χ3n) is 5.78. The van der Waals surface area contributed by atoms with Gasteiger partial charge in [0.25, 0.3) is 9.04 Å². The first-order chi connectivity index (χ1) is 14.9. The van der Waals surface area contributed by atoms with Gasteiger partial charge in [-0.05, 0) is 34.7 Å². The molecule has 1 radical (unpaired) electrons. The van der Waals surface area contributed by atoms with E-state index in [0.717, 1.165) is 16.8 Å². The van der Waals surface area contributed by atoms with E-state index in [1.807, 2.05) is 36.4 Å². The van der Waals surface area contributed by atoms with Crippen LogP contribution < -0.4 is 10.4 Å². The summed E-state index contributed by atoms with van der Waals surface area (Å²) in [5.74, 6) is -0.271. The maximum absolute atomic E-state index is 13.0. The van der Waals surface area contributed by atoms with Crippen molar-refractivity contribution in [2.24, 2.45) is 11.3 Å². The first kappa shape index (κ1) is 23.5. The molecular weight excluding hydrogens is 400 g/mol. The summed E-state index contributed by atoms with van der Waals surface area (Å²) in [6.45, 7) is 8.72. The minimum Gasteiger partial charge on any atom is -0.456 e. The number of ether oxygens (including phenoxy) is 1. The summed E-state index contributed by atoms with van der Waals surface area (Å²) in [5.41, 5.74) is -0.129. The normalized spacial score (nSPS) is 21.7. The first-order valence-electron chi connectivity index (χ1n) is 11.4. The van der Waals surface area contributed by atoms with Crippen LogP contribution in [0.2, 0.25) is 0 Å². The highest BCUT2D eigenvalue weighted by Crippen LogP contribution is 2.40. The molecule has 0 saturated carbocycles. The highest BCUT2D eigenvalue weighted by atomic mass is 28.3. The van der Waals surface area contributed by atoms with Gasteiger partial charge >= 0.3 is 5.97 Å². The molecule has 3 atom stereocenters. The summed E-state index contributed by atoms with van der Waals surface area (Å²) in [6.07, 6.45) is 8.07. The number of unbranched alkanes of at least 4 members (excludes halogenated alkanes) is 3. The molecule has 3 rings (SSSR count). The second-order valence-corrected chi connectivity index (χ2v) is 11.4. The van der Waals surface area contributed by atoms with Gasteiger partial charge in [0.05, 0.1) is 0 Å². The number of allylic oxidation sites excluding steroid dienone is 1. The minimum absolute atomic E-state index is 0.0325. The first-order valence-corrected chi connectivity index (χ1v) is 12.8. The summed E-state index contributed by atoms with van der Waals surface area (Å²) < 4.78 is 12.6. The van der Waals surface area contributed by atoms with E-state index >= 15 is 0 Å². The molecule has 0 bridgehead atoms. The summed E-state index contributed by atoms with van der Waals surface area (Å²) >= 11 is 0. The SMILES string of the molecule is CCCCC/C=C/[C@@H]1OC(=O)C(O[Si](c2ccccc2)c2ccccc2)[C@H]1C(C)(C)C. The third kappa shape index (κ3) is 6.17. The number of cyclic esters (lactones) is 1. The van der Waals surface area contributed by atoms with Gasteiger partial charge in [-0.25, -0.2) is 4.79 Å². The fraction of sp³-hybridized carbons (Fsp3) is 0.444. The van der Waals surface area contributed by atoms with Crippen LogP contribution in [0.1, 0.15) is 53.4 Å². The van der Waals surface area contributed by atoms with Crippen LogP contribution >= 0.6 is 0 Å². The van der Waals surface area contributed by atoms with Crippen LogP contribution in [0.3, 0.4) is 0 Å². The lowest BCUT2D eigenvalue weighted by Crippen LogP contribution is -2.51. The monoisotopic (exact) mass is 435 g/mol. The van der Waals surface area contributed by atoms with Crippen molar-refractivity contribution in [2.45, 2.75) is 65.6 Å². The van der Waals surface area contributed by atoms with E-state index in [9.17, 15) is 4.79 Å². The van der Waals surface area contributed by atoms with Crippen LogP contribution in [0.25, 0.3) is 0 Å². The van der Waals surface area contributed by atoms with E-state index in [1.165, 1.54) is 19.3 Å². The summed E-state index contributed by atoms with van der Waals surface area (Å²) in [6, 6.07) is 20.5. The Morgan fingerprint density at radius 2 is 1.55 bits per heavy atom. The molecule has 2 aromatic rings. The predicted octanol–water partition coefficient (Wildman–Crippen LogP) is 4.90. The molecule has 4 heteroatoms. The van der Waals surface area contributed by atoms with Gasteiger partial charge in [-0.2, -0.15) is 0 Å². The molecule has 0 N–H and O–H groups in total. The van der Waals surface area contributed by atoms with Crippen molar-refractivity contribution in [3.63, 3.8) is 0 Å². The predicted molar refractivity (Wildman–Crippen MR) is 129 cm³/mol. The second-order valence-electron chi connectivity index (χ2n) is 9.32. The number of carbonyl (C=O) groups excluding carboxylic acids is 1. The molecule has 2 aromatic carbocycles. The average Bonchev–Trinajstić information content (AvgIpc) is 3.08. The van der Waals surface area contributed by atoms with E-state index in [4.69, 9.17) is 9.16 Å². The number of esters is 1. The standard InChI is InChI=1S/C27H35O3Si/c1-5-6-7-8-15-20-23-24(27(2,3)4)25(26(28)29-23)30-31(21-16-11-9-12-17-21)22-18-13-10-14-19-22/h9-20,23-25H,5-8H2,1-4H3/b20-15+/t23-,24-,25?/m0/s1. The molecule has 0 spiro atoms. The fourth-order valence-corrected chi connectivity index (χ4v) is 6.26. The van der Waals surface area contributed by atoms with Crippen molar-refractivity contribution in [2.75, 3.05) is 0 Å². The number of hydrogen-bond acceptors (Lipinski definition) is 3. The van der Waals surface area contributed by atoms with Crippen LogP contribution in [-0.4, -0.2) is 27.2 Å². The average molecular weight is 436 g/mol. The molecule has 3 nitrogen and oxygen atoms in total. The largest absolute Gasteiger partial charge is 0.456 e. The van der Waals surface area contributed by atoms with Crippen molar-refractivity contribution < 1.29 is 14.0 Å². The third-order valence-corrected chi connectivity index (χ3v) is 7.99. The number of benzene rings is 2. The summed E-state index contributed by atoms with van der Waals surface area (Å²) in [7, 11) is -1.59. The number of rotatable bonds is 9. The zero-order valence-electron chi connectivity index (χ0n) is 19.2. The van der Waals surface area contributed by atoms with Gasteiger partial charge in [0.15, 0.2) is 6.10 Å². The van der Waals surface area contributed by atoms with Crippen molar-refractivity contribution in [3.05, 3.63) is 72.8 Å². The summed E-state index contributed by atoms with van der Waals surface area (Å²) in [4.78, 5) is 13.0. The number of carbonyl (C=O) groups is 1. The van der Waals surface area contributed by atoms with Crippen LogP contribution in [0.5, 0.6) is 0 Å². The molecule has 1 saturated heterocycles. The Hall–Kier alpha value is -2.17. The Morgan fingerprint density at radius 3 is 2.06 bits per heavy atom. The van der Waals surface area contributed by atoms with Gasteiger partial charge in [-0.3, -0.25) is 0 Å². The minimum atomic E-state index is -1.59. The van der Waals surface area contributed by atoms with Gasteiger partial charge in [0.2, 0.25) is 0 Å². The molecule has 1 aliphatic heterocycles. The number of hydrogen-bond donors (Lipinski definition) is 0. The van der Waals surface area contributed by atoms with Gasteiger partial charge < -0.3 is 9.16 Å². The molecule has 1 fully saturated rings. The van der Waals surface area contributed by atoms with E-state index in [2.05, 4.69) is 64.1 Å². The molecule has 165 valence electrons. The topological polar surface area (TPSA) is 35.5 Å². The quantitative estimate of drug-likeness (QED) is 0.243. The lowest BCUT2D eigenvalue weighted by molar-refractivity contribution is -0.145. The lowest BCUT2D eigenvalue weighted by Gasteiger charge is -2.33. The Balaban J connectivity index is 1.86. The zero-order valence-corrected chi connectivity index (χ0v) is 20.2. The fourth-order valence-electron chi connectivity index (χ4n) is 4.17. The van der Waals surface area contributed by atoms with Crippen LogP contribution in [-0.2, 0) is 14.0 Å². The van der Waals surface area contributed by atoms with Crippen molar-refractivity contribution in [1.29, 1.82) is 0 Å². The second kappa shape index (κ2) is 10.9. The van der Waals surface area contributed by atoms with E-state index < -0.39 is 15.1 Å². The highest BCUT2D eigenvalue weighted by molar-refractivity contribution is 6.80. The van der Waals surface area contributed by atoms with E-state index in [1.54, 1.807) is 0 Å². The molecule has 1 aliphatic rings. The lowest BCUT2D eigenvalue weighted by atomic mass is 9.75. The highest BCUT2D eigenvalue weighted by Gasteiger charge is 2.51. The van der Waals surface area contributed by atoms with E-state index in [-0.39, 0.29) is 23.4 Å². The maximum atomic E-state index is 13.0. The molecule has 0 aromatic heterocycles. The molecular formula is C27H35O3Si. The van der Waals surface area contributed by atoms with Crippen LogP contribution in [0, 0.1) is 11.3 Å². The smallest absolute Gasteiger partial charge is 0.335 e. The Kier molecular flexibility index (Phi) is 8.27. The van der Waals surface area contributed by atoms with Crippen molar-refractivity contribution in [1.82, 2.24) is 0 Å². The van der Waals surface area contributed by atoms with Crippen LogP contribution in [0.4, 0.5) is 0 Å². The maximum Gasteiger partial charge on any atom is 0.335 e. The Bertz CT molecular complexity index is 802. The molecule has 31 heavy (non-hydrogen) atoms. The Morgan fingerprint density at radius 1 is 0.968 bits per heavy atom. The molecule has 1 heterocycles. The summed E-state index contributed by atoms with van der Waals surface area (Å²) in [5, 5.41) is 2.27.